The van der Waals surface area contributed by atoms with E-state index in [9.17, 15) is 47.9 Å². The molecule has 6 rings (SSSR count). The third-order valence-electron chi connectivity index (χ3n) is 29.8. The number of benzene rings is 3. The molecular weight excluding hydrogens is 1930 g/mol. The van der Waals surface area contributed by atoms with Crippen LogP contribution in [0.15, 0.2) is 91.0 Å². The maximum absolute atomic E-state index is 14.0. The van der Waals surface area contributed by atoms with Crippen LogP contribution in [-0.2, 0) is 110 Å². The van der Waals surface area contributed by atoms with E-state index in [2.05, 4.69) is 49.0 Å². The van der Waals surface area contributed by atoms with Gasteiger partial charge in [-0.3, -0.25) is 33.6 Å². The summed E-state index contributed by atoms with van der Waals surface area (Å²) in [6.45, 7) is 41.7. The second-order valence-corrected chi connectivity index (χ2v) is 42.1. The highest BCUT2D eigenvalue weighted by atomic mass is 35.5. The molecule has 24 atom stereocenters. The Kier molecular flexibility index (Phi) is 64.6. The van der Waals surface area contributed by atoms with E-state index in [0.29, 0.717) is 59.8 Å². The lowest BCUT2D eigenvalue weighted by molar-refractivity contribution is -0.148. The number of nitrogens with one attached hydrogen (secondary N) is 4. The van der Waals surface area contributed by atoms with E-state index in [1.165, 1.54) is 28.4 Å². The highest BCUT2D eigenvalue weighted by Crippen LogP contribution is 2.35. The van der Waals surface area contributed by atoms with Crippen LogP contribution in [0.5, 0.6) is 0 Å². The SMILES string of the molecule is CCC(C)(C)C(=O)O.CC[C@H](C)[C@@H]([C@@H](CC(=O)N1CCC[C@H]1[C@H](OC)[C@@H](C)C(=S)N[C@@H](Cc1ccccc1)C(=O)OC)OC)N(C)C(=O)[C@@H](C)C(C)C.CC[C@H](C)[C@@H]([C@@H](CC(=O)N1CCC[C@H]1[C@H](OC)[C@@H](C)C(=S)N[C@@H](Cc1ccccc1)C(=O)OC)OC)N(C)C(=O)[C@@H](N)C(C)C.CC[C@H](C)[C@@H]([C@@H](CC(=O)O)OC)N(C)C(=O)[C@@H](C)C(C)C.COC(=O)[C@H](Cc1ccccc1)NC(=S)[C@H](C)[C@@H](OC)[C@@H]1CCCN1.Cl. The molecule has 3 aromatic carbocycles. The maximum atomic E-state index is 14.0. The molecule has 5 amide bonds. The third-order valence-corrected chi connectivity index (χ3v) is 31.2. The number of esters is 3. The number of carbonyl (C=O) groups is 10. The molecule has 3 aliphatic heterocycles. The first-order valence-electron chi connectivity index (χ1n) is 51.6. The number of amides is 5. The van der Waals surface area contributed by atoms with E-state index in [1.54, 1.807) is 78.2 Å². The number of hydrogen-bond donors (Lipinski definition) is 7. The average molecular weight is 2120 g/mol. The number of rotatable bonds is 53. The predicted octanol–water partition coefficient (Wildman–Crippen LogP) is 15.2. The summed E-state index contributed by atoms with van der Waals surface area (Å²) >= 11 is 17.2. The summed E-state index contributed by atoms with van der Waals surface area (Å²) in [5.74, 6) is -2.85. The zero-order valence-corrected chi connectivity index (χ0v) is 96.5. The van der Waals surface area contributed by atoms with E-state index in [1.807, 2.05) is 205 Å². The zero-order chi connectivity index (χ0) is 109. The third kappa shape index (κ3) is 42.4. The second-order valence-electron chi connectivity index (χ2n) is 40.8. The lowest BCUT2D eigenvalue weighted by atomic mass is 9.88. The fourth-order valence-corrected chi connectivity index (χ4v) is 19.6. The fraction of sp³-hybridized carbons (Fsp3) is 0.718. The van der Waals surface area contributed by atoms with Crippen molar-refractivity contribution >= 4 is 123 Å². The number of halogens is 1. The number of likely N-dealkylation sites (N-methyl/N-ethyl adjacent to an activating group) is 3. The van der Waals surface area contributed by atoms with Gasteiger partial charge in [-0.25, -0.2) is 14.4 Å². The van der Waals surface area contributed by atoms with Gasteiger partial charge in [0.2, 0.25) is 29.5 Å². The lowest BCUT2D eigenvalue weighted by Crippen LogP contribution is -2.56. The fourth-order valence-electron chi connectivity index (χ4n) is 18.7. The molecule has 8 N–H and O–H groups in total. The Bertz CT molecular complexity index is 4170. The van der Waals surface area contributed by atoms with Gasteiger partial charge in [0.05, 0.1) is 134 Å². The number of carbonyl (C=O) groups excluding carboxylic acids is 8. The van der Waals surface area contributed by atoms with Crippen molar-refractivity contribution in [2.75, 3.05) is 105 Å². The maximum Gasteiger partial charge on any atom is 0.328 e. The minimum Gasteiger partial charge on any atom is -0.481 e. The highest BCUT2D eigenvalue weighted by molar-refractivity contribution is 7.80. The first kappa shape index (κ1) is 135. The molecule has 3 aliphatic rings. The molecule has 0 unspecified atom stereocenters. The van der Waals surface area contributed by atoms with E-state index in [0.717, 1.165) is 81.0 Å². The molecule has 0 bridgehead atoms. The molecule has 0 spiro atoms. The smallest absolute Gasteiger partial charge is 0.328 e. The van der Waals surface area contributed by atoms with Crippen molar-refractivity contribution in [2.45, 2.75) is 338 Å². The number of carboxylic acids is 2. The van der Waals surface area contributed by atoms with Crippen LogP contribution in [0.25, 0.3) is 0 Å². The number of likely N-dealkylation sites (tertiary alicyclic amines) is 2. The quantitative estimate of drug-likeness (QED) is 0.0157. The van der Waals surface area contributed by atoms with Gasteiger partial charge >= 0.3 is 29.8 Å². The molecule has 145 heavy (non-hydrogen) atoms. The topological polar surface area (TPSA) is 385 Å². The number of aliphatic carboxylic acids is 2. The van der Waals surface area contributed by atoms with E-state index >= 15 is 0 Å². The van der Waals surface area contributed by atoms with Crippen LogP contribution in [0.4, 0.5) is 0 Å². The summed E-state index contributed by atoms with van der Waals surface area (Å²) in [6.07, 6.45) is 7.93. The molecule has 31 nitrogen and oxygen atoms in total. The summed E-state index contributed by atoms with van der Waals surface area (Å²) in [5, 5.41) is 30.6. The van der Waals surface area contributed by atoms with Crippen molar-refractivity contribution < 1.29 is 101 Å². The lowest BCUT2D eigenvalue weighted by Gasteiger charge is -2.40. The van der Waals surface area contributed by atoms with Crippen LogP contribution < -0.4 is 27.0 Å². The predicted molar refractivity (Wildman–Crippen MR) is 587 cm³/mol. The Labute approximate surface area is 891 Å². The number of carboxylic acid groups (broad SMARTS) is 2. The molecule has 3 saturated heterocycles. The summed E-state index contributed by atoms with van der Waals surface area (Å²) in [7, 11) is 19.2. The molecule has 0 aromatic heterocycles. The molecule has 3 aromatic rings. The number of nitrogens with zero attached hydrogens (tertiary/aromatic N) is 5. The summed E-state index contributed by atoms with van der Waals surface area (Å²) in [6, 6.07) is 25.9. The van der Waals surface area contributed by atoms with Gasteiger partial charge < -0.3 is 104 Å². The van der Waals surface area contributed by atoms with Crippen LogP contribution in [0.1, 0.15) is 239 Å². The van der Waals surface area contributed by atoms with Crippen molar-refractivity contribution in [3.8, 4) is 0 Å². The van der Waals surface area contributed by atoms with Crippen LogP contribution in [0.3, 0.4) is 0 Å². The van der Waals surface area contributed by atoms with E-state index in [-0.39, 0.29) is 175 Å². The van der Waals surface area contributed by atoms with Crippen LogP contribution in [0.2, 0.25) is 0 Å². The van der Waals surface area contributed by atoms with Crippen molar-refractivity contribution in [1.82, 2.24) is 45.8 Å². The molecule has 3 heterocycles. The Morgan fingerprint density at radius 1 is 0.428 bits per heavy atom. The van der Waals surface area contributed by atoms with Crippen LogP contribution in [-0.4, -0.2) is 311 Å². The van der Waals surface area contributed by atoms with Crippen molar-refractivity contribution in [1.29, 1.82) is 0 Å². The number of methoxy groups -OCH3 is 9. The van der Waals surface area contributed by atoms with Crippen molar-refractivity contribution in [2.24, 2.45) is 76.2 Å². The number of thiocarbonyl (C=S) groups is 3. The minimum atomic E-state index is -0.909. The average Bonchev–Trinajstić information content (AvgIpc) is 1.69. The largest absolute Gasteiger partial charge is 0.481 e. The van der Waals surface area contributed by atoms with Crippen molar-refractivity contribution in [3.05, 3.63) is 108 Å². The Morgan fingerprint density at radius 2 is 0.724 bits per heavy atom. The summed E-state index contributed by atoms with van der Waals surface area (Å²) in [4.78, 5) is 136. The molecule has 0 aliphatic carbocycles. The van der Waals surface area contributed by atoms with E-state index in [4.69, 9.17) is 95.2 Å². The molecule has 3 fully saturated rings. The normalized spacial score (nSPS) is 18.8. The Balaban J connectivity index is 0.000000978. The van der Waals surface area contributed by atoms with Crippen LogP contribution in [0, 0.1) is 70.5 Å². The van der Waals surface area contributed by atoms with Gasteiger partial charge in [0.15, 0.2) is 0 Å². The first-order valence-corrected chi connectivity index (χ1v) is 52.9. The summed E-state index contributed by atoms with van der Waals surface area (Å²) in [5.41, 5.74) is 8.72. The first-order chi connectivity index (χ1) is 67.9. The van der Waals surface area contributed by atoms with E-state index < -0.39 is 77.9 Å². The Morgan fingerprint density at radius 3 is 0.959 bits per heavy atom. The Hall–Kier alpha value is -8.00. The van der Waals surface area contributed by atoms with Gasteiger partial charge in [0, 0.05) is 132 Å². The number of hydrogen-bond acceptors (Lipinski definition) is 24. The standard InChI is InChI=1S/C35H57N3O6S.C34H56N4O6S.C19H28N2O3S.C16H31NO4.C6H12O2.ClH/c1-11-23(4)31(37(7)34(40)24(5)22(2)3)29(42-8)21-30(39)38-19-15-18-28(38)32(43-9)25(6)33(45)36-27(35(41)44-10)20-26-16-13-12-14-17-26;1-10-22(4)30(37(6)33(40)29(35)21(2)3)27(42-7)20-28(39)38-18-14-17-26(38)31(43-8)23(5)32(45)36-25(34(41)44-9)19-24-15-12-11-13-16-24;1-13(17(23-2)15-10-7-11-20-15)18(25)21-16(19(22)24-3)12-14-8-5-4-6-9-14;1-8-11(4)15(13(21-7)9-14(18)19)17(6)16(20)12(5)10(2)3;1-4-6(2,3)5(7)8;/h12-14,16-17,22-25,27-29,31-32H,11,15,18-21H2,1-10H3,(H,36,45);11-13,15-16,21-23,25-27,29-31H,10,14,17-20,35H2,1-9H3,(H,36,45);4-6,8-9,13,15-17,20H,7,10-12H2,1-3H3,(H,21,25);10-13,15H,8-9H2,1-7H3,(H,18,19);4H2,1-3H3,(H,7,8);1H/t23-,24-,25+,27-,28-,29+,31-,32+;22-,23+,25-,26-,27+,29-,30-,31+;13-,15+,16+,17-;11-,12-,13+,15-;;/m0010../s1. The number of ether oxygens (including phenoxy) is 9. The molecule has 35 heteroatoms. The van der Waals surface area contributed by atoms with Gasteiger partial charge in [-0.15, -0.1) is 12.4 Å². The van der Waals surface area contributed by atoms with Crippen LogP contribution >= 0.6 is 49.1 Å². The number of nitrogens with two attached hydrogens (primary N) is 1. The minimum absolute atomic E-state index is 0. The zero-order valence-electron chi connectivity index (χ0n) is 93.3. The molecule has 0 radical (unpaired) electrons. The highest BCUT2D eigenvalue weighted by Gasteiger charge is 2.47. The van der Waals surface area contributed by atoms with Gasteiger partial charge in [0.1, 0.15) is 18.1 Å². The van der Waals surface area contributed by atoms with Gasteiger partial charge in [-0.1, -0.05) is 272 Å². The van der Waals surface area contributed by atoms with Gasteiger partial charge in [-0.05, 0) is 118 Å². The van der Waals surface area contributed by atoms with Crippen molar-refractivity contribution in [3.63, 3.8) is 0 Å². The van der Waals surface area contributed by atoms with Gasteiger partial charge in [0.25, 0.3) is 0 Å². The monoisotopic (exact) mass is 2110 g/mol. The molecule has 0 saturated carbocycles. The molecular formula is C110H185ClN10O21S3. The van der Waals surface area contributed by atoms with Gasteiger partial charge in [-0.2, -0.15) is 0 Å². The second kappa shape index (κ2) is 69.4. The molecule has 826 valence electrons. The summed E-state index contributed by atoms with van der Waals surface area (Å²) < 4.78 is 50.1.